The van der Waals surface area contributed by atoms with Crippen LogP contribution in [0.25, 0.3) is 0 Å². The molecule has 0 rings (SSSR count). The first-order valence-electron chi connectivity index (χ1n) is 3.27. The van der Waals surface area contributed by atoms with Crippen LogP contribution in [0.5, 0.6) is 0 Å². The first-order valence-corrected chi connectivity index (χ1v) is 3.27. The van der Waals surface area contributed by atoms with Crippen molar-refractivity contribution in [2.24, 2.45) is 0 Å². The van der Waals surface area contributed by atoms with E-state index < -0.39 is 0 Å². The number of nitrogens with one attached hydrogen (secondary N) is 1. The Balaban J connectivity index is 3.95. The molecule has 0 atom stereocenters. The molecule has 0 heterocycles. The third-order valence-corrected chi connectivity index (χ3v) is 1.81. The minimum absolute atomic E-state index is 0.0747. The molecular weight excluding hydrogens is 112 g/mol. The predicted octanol–water partition coefficient (Wildman–Crippen LogP) is 1.37. The summed E-state index contributed by atoms with van der Waals surface area (Å²) < 4.78 is 0. The van der Waals surface area contributed by atoms with Gasteiger partial charge in [-0.2, -0.15) is 0 Å². The summed E-state index contributed by atoms with van der Waals surface area (Å²) in [7, 11) is 2.02. The van der Waals surface area contributed by atoms with E-state index in [-0.39, 0.29) is 5.54 Å². The van der Waals surface area contributed by atoms with Crippen LogP contribution < -0.4 is 0 Å². The topological polar surface area (TPSA) is 27.1 Å². The molecule has 0 saturated heterocycles. The largest absolute Gasteiger partial charge is 0.311 e. The van der Waals surface area contributed by atoms with E-state index in [1.165, 1.54) is 6.21 Å². The highest BCUT2D eigenvalue weighted by atomic mass is 15.2. The van der Waals surface area contributed by atoms with Crippen molar-refractivity contribution >= 4 is 6.21 Å². The zero-order valence-electron chi connectivity index (χ0n) is 6.73. The SMILES string of the molecule is CCN(C)C(C)(C)C=N. The second-order valence-electron chi connectivity index (χ2n) is 2.81. The van der Waals surface area contributed by atoms with Crippen molar-refractivity contribution in [1.29, 1.82) is 5.41 Å². The maximum absolute atomic E-state index is 7.07. The Morgan fingerprint density at radius 1 is 1.56 bits per heavy atom. The van der Waals surface area contributed by atoms with Crippen LogP contribution in [0.15, 0.2) is 0 Å². The second-order valence-corrected chi connectivity index (χ2v) is 2.81. The Bertz CT molecular complexity index is 97.1. The fourth-order valence-corrected chi connectivity index (χ4v) is 0.518. The lowest BCUT2D eigenvalue weighted by molar-refractivity contribution is 0.239. The molecular formula is C7H16N2. The molecule has 0 aromatic carbocycles. The zero-order valence-corrected chi connectivity index (χ0v) is 6.73. The number of hydrogen-bond donors (Lipinski definition) is 1. The van der Waals surface area contributed by atoms with Crippen molar-refractivity contribution < 1.29 is 0 Å². The average Bonchev–Trinajstić information content (AvgIpc) is 1.86. The van der Waals surface area contributed by atoms with Gasteiger partial charge in [-0.05, 0) is 27.4 Å². The van der Waals surface area contributed by atoms with Crippen LogP contribution in [0.2, 0.25) is 0 Å². The highest BCUT2D eigenvalue weighted by Gasteiger charge is 2.17. The fourth-order valence-electron chi connectivity index (χ4n) is 0.518. The van der Waals surface area contributed by atoms with Crippen LogP contribution in [0.1, 0.15) is 20.8 Å². The van der Waals surface area contributed by atoms with E-state index in [1.54, 1.807) is 0 Å². The summed E-state index contributed by atoms with van der Waals surface area (Å²) in [5.41, 5.74) is -0.0747. The Morgan fingerprint density at radius 3 is 2.11 bits per heavy atom. The van der Waals surface area contributed by atoms with Gasteiger partial charge in [0.1, 0.15) is 0 Å². The second kappa shape index (κ2) is 2.97. The van der Waals surface area contributed by atoms with Gasteiger partial charge in [0.15, 0.2) is 0 Å². The number of hydrogen-bond acceptors (Lipinski definition) is 2. The van der Waals surface area contributed by atoms with Crippen molar-refractivity contribution in [3.63, 3.8) is 0 Å². The molecule has 0 aliphatic carbocycles. The molecule has 0 aliphatic rings. The standard InChI is InChI=1S/C7H16N2/c1-5-9(4)7(2,3)6-8/h6,8H,5H2,1-4H3. The lowest BCUT2D eigenvalue weighted by Crippen LogP contribution is -2.41. The van der Waals surface area contributed by atoms with Gasteiger partial charge < -0.3 is 5.41 Å². The summed E-state index contributed by atoms with van der Waals surface area (Å²) in [6.07, 6.45) is 1.47. The Kier molecular flexibility index (Phi) is 2.85. The third-order valence-electron chi connectivity index (χ3n) is 1.81. The van der Waals surface area contributed by atoms with Crippen molar-refractivity contribution in [2.75, 3.05) is 13.6 Å². The molecule has 2 heteroatoms. The van der Waals surface area contributed by atoms with Crippen LogP contribution in [-0.2, 0) is 0 Å². The summed E-state index contributed by atoms with van der Waals surface area (Å²) in [6, 6.07) is 0. The van der Waals surface area contributed by atoms with Gasteiger partial charge in [0.2, 0.25) is 0 Å². The molecule has 0 aromatic heterocycles. The predicted molar refractivity (Wildman–Crippen MR) is 41.2 cm³/mol. The summed E-state index contributed by atoms with van der Waals surface area (Å²) in [6.45, 7) is 7.14. The Morgan fingerprint density at radius 2 is 2.00 bits per heavy atom. The molecule has 0 radical (unpaired) electrons. The van der Waals surface area contributed by atoms with E-state index in [4.69, 9.17) is 5.41 Å². The Labute approximate surface area is 57.4 Å². The molecule has 54 valence electrons. The molecule has 9 heavy (non-hydrogen) atoms. The smallest absolute Gasteiger partial charge is 0.0496 e. The molecule has 0 fully saturated rings. The molecule has 0 bridgehead atoms. The lowest BCUT2D eigenvalue weighted by Gasteiger charge is -2.30. The molecule has 0 saturated carbocycles. The molecule has 0 unspecified atom stereocenters. The summed E-state index contributed by atoms with van der Waals surface area (Å²) in [5.74, 6) is 0. The normalized spacial score (nSPS) is 12.1. The maximum atomic E-state index is 7.07. The van der Waals surface area contributed by atoms with Crippen LogP contribution >= 0.6 is 0 Å². The minimum Gasteiger partial charge on any atom is -0.311 e. The van der Waals surface area contributed by atoms with E-state index in [0.717, 1.165) is 6.54 Å². The first kappa shape index (κ1) is 8.63. The molecule has 0 spiro atoms. The average molecular weight is 128 g/mol. The van der Waals surface area contributed by atoms with Gasteiger partial charge in [-0.3, -0.25) is 4.90 Å². The van der Waals surface area contributed by atoms with Crippen LogP contribution in [0.4, 0.5) is 0 Å². The third kappa shape index (κ3) is 2.14. The van der Waals surface area contributed by atoms with Crippen molar-refractivity contribution in [2.45, 2.75) is 26.3 Å². The molecule has 2 nitrogen and oxygen atoms in total. The number of nitrogens with zero attached hydrogens (tertiary/aromatic N) is 1. The zero-order chi connectivity index (χ0) is 7.49. The van der Waals surface area contributed by atoms with Gasteiger partial charge >= 0.3 is 0 Å². The number of rotatable bonds is 3. The van der Waals surface area contributed by atoms with Gasteiger partial charge in [-0.15, -0.1) is 0 Å². The summed E-state index contributed by atoms with van der Waals surface area (Å²) >= 11 is 0. The first-order chi connectivity index (χ1) is 4.04. The van der Waals surface area contributed by atoms with Crippen LogP contribution in [0.3, 0.4) is 0 Å². The monoisotopic (exact) mass is 128 g/mol. The van der Waals surface area contributed by atoms with E-state index >= 15 is 0 Å². The molecule has 0 amide bonds. The van der Waals surface area contributed by atoms with Gasteiger partial charge in [0.25, 0.3) is 0 Å². The van der Waals surface area contributed by atoms with Crippen molar-refractivity contribution in [1.82, 2.24) is 4.90 Å². The summed E-state index contributed by atoms with van der Waals surface area (Å²) in [4.78, 5) is 2.12. The van der Waals surface area contributed by atoms with E-state index in [2.05, 4.69) is 11.8 Å². The highest BCUT2D eigenvalue weighted by Crippen LogP contribution is 2.06. The quantitative estimate of drug-likeness (QED) is 0.571. The van der Waals surface area contributed by atoms with Gasteiger partial charge in [0.05, 0.1) is 0 Å². The Hall–Kier alpha value is -0.370. The van der Waals surface area contributed by atoms with E-state index in [1.807, 2.05) is 20.9 Å². The minimum atomic E-state index is -0.0747. The fraction of sp³-hybridized carbons (Fsp3) is 0.857. The molecule has 1 N–H and O–H groups in total. The van der Waals surface area contributed by atoms with Crippen molar-refractivity contribution in [3.8, 4) is 0 Å². The van der Waals surface area contributed by atoms with Crippen molar-refractivity contribution in [3.05, 3.63) is 0 Å². The molecule has 0 aliphatic heterocycles. The molecule has 0 aromatic rings. The van der Waals surface area contributed by atoms with Crippen LogP contribution in [-0.4, -0.2) is 30.2 Å². The van der Waals surface area contributed by atoms with E-state index in [0.29, 0.717) is 0 Å². The highest BCUT2D eigenvalue weighted by molar-refractivity contribution is 5.65. The van der Waals surface area contributed by atoms with Gasteiger partial charge in [-0.25, -0.2) is 0 Å². The van der Waals surface area contributed by atoms with Gasteiger partial charge in [0, 0.05) is 11.8 Å². The van der Waals surface area contributed by atoms with Crippen LogP contribution in [0, 0.1) is 5.41 Å². The lowest BCUT2D eigenvalue weighted by atomic mass is 10.1. The van der Waals surface area contributed by atoms with Gasteiger partial charge in [-0.1, -0.05) is 6.92 Å². The van der Waals surface area contributed by atoms with E-state index in [9.17, 15) is 0 Å². The maximum Gasteiger partial charge on any atom is 0.0496 e. The summed E-state index contributed by atoms with van der Waals surface area (Å²) in [5, 5.41) is 7.07.